The minimum atomic E-state index is -3.64. The van der Waals surface area contributed by atoms with Crippen LogP contribution < -0.4 is 0 Å². The number of aliphatic hydroxyl groups excluding tert-OH is 9. The summed E-state index contributed by atoms with van der Waals surface area (Å²) in [5.74, 6) is -8.80. The lowest BCUT2D eigenvalue weighted by Gasteiger charge is -2.49. The molecule has 2 saturated heterocycles. The van der Waals surface area contributed by atoms with E-state index in [4.69, 9.17) is 9.47 Å². The number of phenolic OH excluding ortho intramolecular Hbond substituents is 1. The quantitative estimate of drug-likeness (QED) is 0.0620. The third kappa shape index (κ3) is 5.52. The van der Waals surface area contributed by atoms with Gasteiger partial charge in [0.15, 0.2) is 11.6 Å². The van der Waals surface area contributed by atoms with E-state index in [1.807, 2.05) is 0 Å². The molecule has 12 atom stereocenters. The zero-order valence-corrected chi connectivity index (χ0v) is 22.2. The van der Waals surface area contributed by atoms with Gasteiger partial charge in [0.1, 0.15) is 84.0 Å². The molecular weight excluding hydrogens is 580 g/mol. The van der Waals surface area contributed by atoms with Crippen LogP contribution in [0.15, 0.2) is 41.7 Å². The second kappa shape index (κ2) is 12.5. The molecule has 16 nitrogen and oxygen atoms in total. The highest BCUT2D eigenvalue weighted by Gasteiger charge is 2.68. The van der Waals surface area contributed by atoms with Crippen LogP contribution in [0, 0.1) is 5.92 Å². The Hall–Kier alpha value is -3.13. The number of aliphatic hydroxyl groups is 10. The van der Waals surface area contributed by atoms with E-state index in [1.165, 1.54) is 30.3 Å². The van der Waals surface area contributed by atoms with Gasteiger partial charge in [0, 0.05) is 0 Å². The second-order valence-electron chi connectivity index (χ2n) is 10.5. The fraction of sp³-hybridized carbons (Fsp3) is 0.519. The van der Waals surface area contributed by atoms with Crippen molar-refractivity contribution in [3.8, 4) is 5.75 Å². The summed E-state index contributed by atoms with van der Waals surface area (Å²) in [5.41, 5.74) is -4.55. The molecule has 1 aromatic rings. The summed E-state index contributed by atoms with van der Waals surface area (Å²) in [6.45, 7) is -2.01. The molecule has 4 rings (SSSR count). The highest BCUT2D eigenvalue weighted by atomic mass is 16.6. The Labute approximate surface area is 242 Å². The molecule has 0 aromatic heterocycles. The van der Waals surface area contributed by atoms with Crippen LogP contribution in [0.1, 0.15) is 5.56 Å². The zero-order chi connectivity index (χ0) is 32.0. The SMILES string of the molecule is O=C1C(=C(O)/C=C/c2ccc(O)cc2)C(=O)[C@@](O)([C@@H]2O[C@H](CO)[C@@H](O)[C@H](O)[C@H]2O)C(=O)[C@H]1[C@@H]1O[C@H](CO)[C@@H](O)[C@H](O)[C@H]1O. The number of phenols is 1. The summed E-state index contributed by atoms with van der Waals surface area (Å²) >= 11 is 0. The van der Waals surface area contributed by atoms with Gasteiger partial charge in [0.05, 0.1) is 13.2 Å². The van der Waals surface area contributed by atoms with Crippen molar-refractivity contribution in [1.82, 2.24) is 0 Å². The van der Waals surface area contributed by atoms with E-state index in [1.54, 1.807) is 0 Å². The van der Waals surface area contributed by atoms with Gasteiger partial charge in [-0.05, 0) is 23.8 Å². The van der Waals surface area contributed by atoms with Crippen molar-refractivity contribution in [3.05, 3.63) is 47.2 Å². The molecule has 1 aromatic carbocycles. The molecule has 0 spiro atoms. The maximum absolute atomic E-state index is 13.9. The Morgan fingerprint density at radius 3 is 1.88 bits per heavy atom. The van der Waals surface area contributed by atoms with Gasteiger partial charge in [-0.2, -0.15) is 0 Å². The number of hydrogen-bond acceptors (Lipinski definition) is 16. The summed E-state index contributed by atoms with van der Waals surface area (Å²) in [5, 5.41) is 113. The van der Waals surface area contributed by atoms with Gasteiger partial charge in [0.2, 0.25) is 11.4 Å². The van der Waals surface area contributed by atoms with Gasteiger partial charge in [-0.15, -0.1) is 0 Å². The van der Waals surface area contributed by atoms with E-state index in [9.17, 15) is 70.6 Å². The third-order valence-electron chi connectivity index (χ3n) is 7.90. The van der Waals surface area contributed by atoms with E-state index in [0.29, 0.717) is 5.56 Å². The molecule has 1 aliphatic carbocycles. The smallest absolute Gasteiger partial charge is 0.216 e. The molecule has 1 saturated carbocycles. The van der Waals surface area contributed by atoms with Gasteiger partial charge in [-0.3, -0.25) is 14.4 Å². The Morgan fingerprint density at radius 1 is 0.791 bits per heavy atom. The first-order chi connectivity index (χ1) is 20.2. The Kier molecular flexibility index (Phi) is 9.50. The van der Waals surface area contributed by atoms with E-state index < -0.39 is 114 Å². The van der Waals surface area contributed by atoms with Crippen molar-refractivity contribution in [2.45, 2.75) is 66.6 Å². The number of carbonyl (C=O) groups excluding carboxylic acids is 3. The number of aromatic hydroxyl groups is 1. The van der Waals surface area contributed by atoms with Crippen molar-refractivity contribution in [2.75, 3.05) is 13.2 Å². The minimum absolute atomic E-state index is 0.0946. The number of ketones is 3. The predicted molar refractivity (Wildman–Crippen MR) is 138 cm³/mol. The standard InChI is InChI=1S/C27H32O16/c28-7-12-16(32)19(35)21(37)23(42-12)15-18(34)14(11(31)6-3-9-1-4-10(30)5-2-9)24(39)27(41,25(15)40)26-22(38)20(36)17(33)13(8-29)43-26/h1-6,12-13,15-17,19-23,26,28-33,35-38,41H,7-8H2/b6-3+,14-11?/t12-,13-,15-,16-,17-,19+,20+,21-,22-,23+,26-,27+/m1/s1. The first-order valence-electron chi connectivity index (χ1n) is 13.1. The molecule has 0 amide bonds. The highest BCUT2D eigenvalue weighted by Crippen LogP contribution is 2.41. The molecule has 11 N–H and O–H groups in total. The van der Waals surface area contributed by atoms with Crippen LogP contribution in [-0.2, 0) is 23.9 Å². The van der Waals surface area contributed by atoms with Crippen molar-refractivity contribution < 1.29 is 80.0 Å². The highest BCUT2D eigenvalue weighted by molar-refractivity contribution is 6.39. The molecule has 16 heteroatoms. The number of allylic oxidation sites excluding steroid dienone is 1. The average Bonchev–Trinajstić information content (AvgIpc) is 2.98. The van der Waals surface area contributed by atoms with Crippen LogP contribution in [-0.4, -0.2) is 153 Å². The monoisotopic (exact) mass is 612 g/mol. The van der Waals surface area contributed by atoms with Crippen LogP contribution in [0.3, 0.4) is 0 Å². The molecule has 0 radical (unpaired) electrons. The number of hydrogen-bond donors (Lipinski definition) is 11. The first-order valence-corrected chi connectivity index (χ1v) is 13.1. The molecule has 0 bridgehead atoms. The number of ether oxygens (including phenoxy) is 2. The van der Waals surface area contributed by atoms with E-state index in [-0.39, 0.29) is 5.75 Å². The molecule has 2 aliphatic heterocycles. The van der Waals surface area contributed by atoms with Gasteiger partial charge in [0.25, 0.3) is 0 Å². The summed E-state index contributed by atoms with van der Waals surface area (Å²) in [6, 6.07) is 5.34. The average molecular weight is 613 g/mol. The van der Waals surface area contributed by atoms with Gasteiger partial charge in [-0.1, -0.05) is 18.2 Å². The van der Waals surface area contributed by atoms with Crippen LogP contribution >= 0.6 is 0 Å². The fourth-order valence-corrected chi connectivity index (χ4v) is 5.43. The van der Waals surface area contributed by atoms with Crippen molar-refractivity contribution in [1.29, 1.82) is 0 Å². The van der Waals surface area contributed by atoms with E-state index in [0.717, 1.165) is 6.08 Å². The maximum atomic E-state index is 13.9. The lowest BCUT2D eigenvalue weighted by atomic mass is 9.64. The van der Waals surface area contributed by atoms with Crippen LogP contribution in [0.5, 0.6) is 5.75 Å². The van der Waals surface area contributed by atoms with Gasteiger partial charge in [-0.25, -0.2) is 0 Å². The minimum Gasteiger partial charge on any atom is -0.508 e. The molecule has 3 fully saturated rings. The Balaban J connectivity index is 1.88. The fourth-order valence-electron chi connectivity index (χ4n) is 5.43. The van der Waals surface area contributed by atoms with Crippen molar-refractivity contribution >= 4 is 23.4 Å². The van der Waals surface area contributed by atoms with Gasteiger partial charge >= 0.3 is 0 Å². The molecule has 43 heavy (non-hydrogen) atoms. The van der Waals surface area contributed by atoms with Crippen LogP contribution in [0.4, 0.5) is 0 Å². The number of rotatable bonds is 6. The summed E-state index contributed by atoms with van der Waals surface area (Å²) in [4.78, 5) is 41.3. The van der Waals surface area contributed by atoms with E-state index >= 15 is 0 Å². The van der Waals surface area contributed by atoms with Crippen molar-refractivity contribution in [2.24, 2.45) is 5.92 Å². The number of carbonyl (C=O) groups is 3. The Bertz CT molecular complexity index is 1290. The van der Waals surface area contributed by atoms with Crippen LogP contribution in [0.2, 0.25) is 0 Å². The number of benzene rings is 1. The second-order valence-corrected chi connectivity index (χ2v) is 10.5. The molecular formula is C27H32O16. The molecule has 2 heterocycles. The van der Waals surface area contributed by atoms with Crippen molar-refractivity contribution in [3.63, 3.8) is 0 Å². The lowest BCUT2D eigenvalue weighted by molar-refractivity contribution is -0.266. The Morgan fingerprint density at radius 2 is 1.33 bits per heavy atom. The number of Topliss-reactive ketones (excluding diaryl/α,β-unsaturated/α-hetero) is 3. The molecule has 0 unspecified atom stereocenters. The third-order valence-corrected chi connectivity index (χ3v) is 7.90. The van der Waals surface area contributed by atoms with Gasteiger partial charge < -0.3 is 65.6 Å². The van der Waals surface area contributed by atoms with Crippen LogP contribution in [0.25, 0.3) is 6.08 Å². The summed E-state index contributed by atoms with van der Waals surface area (Å²) in [6.07, 6.45) is -18.8. The maximum Gasteiger partial charge on any atom is 0.216 e. The summed E-state index contributed by atoms with van der Waals surface area (Å²) < 4.78 is 10.6. The van der Waals surface area contributed by atoms with E-state index in [2.05, 4.69) is 0 Å². The summed E-state index contributed by atoms with van der Waals surface area (Å²) in [7, 11) is 0. The topological polar surface area (TPSA) is 292 Å². The predicted octanol–water partition coefficient (Wildman–Crippen LogP) is -5.03. The molecule has 3 aliphatic rings. The first kappa shape index (κ1) is 32.8. The molecule has 236 valence electrons. The lowest BCUT2D eigenvalue weighted by Crippen LogP contribution is -2.74. The largest absolute Gasteiger partial charge is 0.508 e. The zero-order valence-electron chi connectivity index (χ0n) is 22.2. The normalized spacial score (nSPS) is 42.0.